The van der Waals surface area contributed by atoms with Crippen LogP contribution in [0.2, 0.25) is 0 Å². The summed E-state index contributed by atoms with van der Waals surface area (Å²) in [6, 6.07) is 6.91. The van der Waals surface area contributed by atoms with Gasteiger partial charge in [0.1, 0.15) is 17.7 Å². The fourth-order valence-corrected chi connectivity index (χ4v) is 3.04. The fourth-order valence-electron chi connectivity index (χ4n) is 3.04. The van der Waals surface area contributed by atoms with Crippen molar-refractivity contribution in [3.8, 4) is 0 Å². The summed E-state index contributed by atoms with van der Waals surface area (Å²) in [6.45, 7) is 4.98. The molecule has 0 unspecified atom stereocenters. The second-order valence-electron chi connectivity index (χ2n) is 5.67. The predicted molar refractivity (Wildman–Crippen MR) is 87.2 cm³/mol. The molecule has 7 heteroatoms. The molecule has 0 spiro atoms. The molecule has 1 saturated heterocycles. The monoisotopic (exact) mass is 312 g/mol. The van der Waals surface area contributed by atoms with Crippen LogP contribution in [0.25, 0.3) is 11.0 Å². The number of nitrogens with one attached hydrogen (secondary N) is 1. The van der Waals surface area contributed by atoms with Crippen LogP contribution in [0.3, 0.4) is 0 Å². The van der Waals surface area contributed by atoms with Crippen molar-refractivity contribution < 1.29 is 4.39 Å². The Bertz CT molecular complexity index is 837. The Balaban J connectivity index is 1.56. The minimum absolute atomic E-state index is 0.173. The van der Waals surface area contributed by atoms with E-state index in [-0.39, 0.29) is 5.82 Å². The molecule has 0 aliphatic carbocycles. The maximum Gasteiger partial charge on any atom is 0.160 e. The molecular formula is C16H17FN6. The maximum atomic E-state index is 13.9. The topological polar surface area (TPSA) is 60.9 Å². The highest BCUT2D eigenvalue weighted by atomic mass is 19.1. The van der Waals surface area contributed by atoms with Gasteiger partial charge in [0, 0.05) is 26.2 Å². The molecule has 1 aliphatic heterocycles. The average Bonchev–Trinajstić information content (AvgIpc) is 2.97. The first-order valence-corrected chi connectivity index (χ1v) is 7.64. The highest BCUT2D eigenvalue weighted by Gasteiger charge is 2.22. The minimum atomic E-state index is -0.173. The maximum absolute atomic E-state index is 13.9. The predicted octanol–water partition coefficient (Wildman–Crippen LogP) is 2.13. The van der Waals surface area contributed by atoms with Gasteiger partial charge in [-0.2, -0.15) is 5.10 Å². The number of hydrogen-bond acceptors (Lipinski definition) is 5. The summed E-state index contributed by atoms with van der Waals surface area (Å²) in [6.07, 6.45) is 1.57. The van der Waals surface area contributed by atoms with Crippen molar-refractivity contribution in [2.24, 2.45) is 0 Å². The molecule has 0 radical (unpaired) electrons. The molecule has 0 bridgehead atoms. The van der Waals surface area contributed by atoms with Gasteiger partial charge in [-0.1, -0.05) is 12.1 Å². The molecule has 0 atom stereocenters. The van der Waals surface area contributed by atoms with E-state index in [1.807, 2.05) is 19.1 Å². The Labute approximate surface area is 133 Å². The van der Waals surface area contributed by atoms with Gasteiger partial charge in [-0.15, -0.1) is 0 Å². The summed E-state index contributed by atoms with van der Waals surface area (Å²) in [7, 11) is 0. The molecular weight excluding hydrogens is 295 g/mol. The highest BCUT2D eigenvalue weighted by Crippen LogP contribution is 2.25. The standard InChI is InChI=1S/C16H17FN6/c1-11-14-15(21-20-11)16(19-10-18-14)23-8-6-22(7-9-23)13-5-3-2-4-12(13)17/h2-5,10H,6-9H2,1H3,(H,20,21). The van der Waals surface area contributed by atoms with Gasteiger partial charge in [-0.3, -0.25) is 5.10 Å². The molecule has 1 fully saturated rings. The Morgan fingerprint density at radius 3 is 2.52 bits per heavy atom. The number of benzene rings is 1. The van der Waals surface area contributed by atoms with Crippen molar-refractivity contribution in [2.75, 3.05) is 36.0 Å². The number of anilines is 2. The first kappa shape index (κ1) is 13.9. The van der Waals surface area contributed by atoms with Gasteiger partial charge in [-0.25, -0.2) is 14.4 Å². The van der Waals surface area contributed by atoms with Crippen LogP contribution in [0.4, 0.5) is 15.9 Å². The summed E-state index contributed by atoms with van der Waals surface area (Å²) in [5.41, 5.74) is 3.25. The first-order chi connectivity index (χ1) is 11.2. The third-order valence-corrected chi connectivity index (χ3v) is 4.27. The van der Waals surface area contributed by atoms with Crippen molar-refractivity contribution >= 4 is 22.5 Å². The van der Waals surface area contributed by atoms with Crippen LogP contribution in [-0.2, 0) is 0 Å². The lowest BCUT2D eigenvalue weighted by molar-refractivity contribution is 0.596. The third kappa shape index (κ3) is 2.38. The number of halogens is 1. The van der Waals surface area contributed by atoms with E-state index in [0.29, 0.717) is 5.69 Å². The summed E-state index contributed by atoms with van der Waals surface area (Å²) in [5, 5.41) is 7.28. The van der Waals surface area contributed by atoms with Crippen molar-refractivity contribution in [3.63, 3.8) is 0 Å². The van der Waals surface area contributed by atoms with Gasteiger partial charge in [0.2, 0.25) is 0 Å². The SMILES string of the molecule is Cc1[nH]nc2c(N3CCN(c4ccccc4F)CC3)ncnc12. The molecule has 3 heterocycles. The molecule has 3 aromatic rings. The van der Waals surface area contributed by atoms with Gasteiger partial charge in [0.15, 0.2) is 11.3 Å². The van der Waals surface area contributed by atoms with Crippen molar-refractivity contribution in [1.82, 2.24) is 20.2 Å². The molecule has 0 amide bonds. The number of aromatic amines is 1. The lowest BCUT2D eigenvalue weighted by Gasteiger charge is -2.36. The van der Waals surface area contributed by atoms with Crippen molar-refractivity contribution in [3.05, 3.63) is 42.1 Å². The van der Waals surface area contributed by atoms with Gasteiger partial charge in [0.25, 0.3) is 0 Å². The van der Waals surface area contributed by atoms with E-state index in [2.05, 4.69) is 30.0 Å². The Morgan fingerprint density at radius 2 is 1.74 bits per heavy atom. The van der Waals surface area contributed by atoms with E-state index < -0.39 is 0 Å². The molecule has 4 rings (SSSR count). The zero-order valence-corrected chi connectivity index (χ0v) is 12.8. The first-order valence-electron chi connectivity index (χ1n) is 7.64. The summed E-state index contributed by atoms with van der Waals surface area (Å²) in [4.78, 5) is 12.9. The fraction of sp³-hybridized carbons (Fsp3) is 0.312. The molecule has 1 aliphatic rings. The quantitative estimate of drug-likeness (QED) is 0.785. The van der Waals surface area contributed by atoms with E-state index in [0.717, 1.165) is 48.7 Å². The molecule has 1 N–H and O–H groups in total. The number of H-pyrrole nitrogens is 1. The van der Waals surface area contributed by atoms with E-state index >= 15 is 0 Å². The number of piperazine rings is 1. The third-order valence-electron chi connectivity index (χ3n) is 4.27. The average molecular weight is 312 g/mol. The number of rotatable bonds is 2. The van der Waals surface area contributed by atoms with Gasteiger partial charge >= 0.3 is 0 Å². The van der Waals surface area contributed by atoms with Gasteiger partial charge < -0.3 is 9.80 Å². The zero-order chi connectivity index (χ0) is 15.8. The molecule has 118 valence electrons. The van der Waals surface area contributed by atoms with Crippen LogP contribution in [0.5, 0.6) is 0 Å². The van der Waals surface area contributed by atoms with Gasteiger partial charge in [0.05, 0.1) is 11.4 Å². The summed E-state index contributed by atoms with van der Waals surface area (Å²) >= 11 is 0. The van der Waals surface area contributed by atoms with Crippen LogP contribution in [-0.4, -0.2) is 46.3 Å². The Hall–Kier alpha value is -2.70. The Morgan fingerprint density at radius 1 is 1.00 bits per heavy atom. The number of fused-ring (bicyclic) bond motifs is 1. The van der Waals surface area contributed by atoms with Crippen LogP contribution in [0.15, 0.2) is 30.6 Å². The van der Waals surface area contributed by atoms with Crippen LogP contribution >= 0.6 is 0 Å². The summed E-state index contributed by atoms with van der Waals surface area (Å²) < 4.78 is 13.9. The number of aryl methyl sites for hydroxylation is 1. The normalized spacial score (nSPS) is 15.4. The molecule has 1 aromatic carbocycles. The molecule has 2 aromatic heterocycles. The Kier molecular flexibility index (Phi) is 3.33. The van der Waals surface area contributed by atoms with E-state index in [1.54, 1.807) is 12.4 Å². The largest absolute Gasteiger partial charge is 0.366 e. The zero-order valence-electron chi connectivity index (χ0n) is 12.8. The van der Waals surface area contributed by atoms with Crippen LogP contribution in [0.1, 0.15) is 5.69 Å². The molecule has 6 nitrogen and oxygen atoms in total. The highest BCUT2D eigenvalue weighted by molar-refractivity contribution is 5.87. The lowest BCUT2D eigenvalue weighted by atomic mass is 10.2. The number of para-hydroxylation sites is 1. The lowest BCUT2D eigenvalue weighted by Crippen LogP contribution is -2.47. The van der Waals surface area contributed by atoms with E-state index in [9.17, 15) is 4.39 Å². The van der Waals surface area contributed by atoms with Crippen molar-refractivity contribution in [1.29, 1.82) is 0 Å². The molecule has 0 saturated carbocycles. The van der Waals surface area contributed by atoms with Crippen LogP contribution in [0, 0.1) is 12.7 Å². The number of hydrogen-bond donors (Lipinski definition) is 1. The second kappa shape index (κ2) is 5.49. The van der Waals surface area contributed by atoms with Crippen molar-refractivity contribution in [2.45, 2.75) is 6.92 Å². The summed E-state index contributed by atoms with van der Waals surface area (Å²) in [5.74, 6) is 0.667. The molecule has 23 heavy (non-hydrogen) atoms. The van der Waals surface area contributed by atoms with Crippen LogP contribution < -0.4 is 9.80 Å². The van der Waals surface area contributed by atoms with E-state index in [4.69, 9.17) is 0 Å². The second-order valence-corrected chi connectivity index (χ2v) is 5.67. The number of aromatic nitrogens is 4. The van der Waals surface area contributed by atoms with Gasteiger partial charge in [-0.05, 0) is 19.1 Å². The minimum Gasteiger partial charge on any atom is -0.366 e. The number of nitrogens with zero attached hydrogens (tertiary/aromatic N) is 5. The smallest absolute Gasteiger partial charge is 0.160 e. The van der Waals surface area contributed by atoms with E-state index in [1.165, 1.54) is 6.07 Å².